The second-order valence-corrected chi connectivity index (χ2v) is 7.36. The van der Waals surface area contributed by atoms with E-state index < -0.39 is 6.09 Å². The van der Waals surface area contributed by atoms with Gasteiger partial charge in [-0.15, -0.1) is 0 Å². The maximum atomic E-state index is 12.0. The number of carbonyl (C=O) groups is 2. The lowest BCUT2D eigenvalue weighted by Gasteiger charge is -2.60. The van der Waals surface area contributed by atoms with E-state index in [0.717, 1.165) is 32.1 Å². The summed E-state index contributed by atoms with van der Waals surface area (Å²) in [6, 6.07) is 0. The summed E-state index contributed by atoms with van der Waals surface area (Å²) in [4.78, 5) is 23.0. The summed E-state index contributed by atoms with van der Waals surface area (Å²) >= 11 is 0. The molecule has 0 aromatic rings. The van der Waals surface area contributed by atoms with Crippen LogP contribution in [0.2, 0.25) is 0 Å². The first-order valence-corrected chi connectivity index (χ1v) is 8.16. The Hall–Kier alpha value is -1.30. The van der Waals surface area contributed by atoms with Crippen LogP contribution in [0.15, 0.2) is 0 Å². The normalized spacial score (nSPS) is 38.8. The zero-order valence-corrected chi connectivity index (χ0v) is 13.1. The number of hydrogen-bond donors (Lipinski definition) is 1. The van der Waals surface area contributed by atoms with Gasteiger partial charge in [-0.3, -0.25) is 0 Å². The van der Waals surface area contributed by atoms with Crippen LogP contribution in [0.25, 0.3) is 0 Å². The van der Waals surface area contributed by atoms with Crippen molar-refractivity contribution in [3.63, 3.8) is 0 Å². The van der Waals surface area contributed by atoms with Crippen molar-refractivity contribution in [3.8, 4) is 0 Å². The monoisotopic (exact) mass is 311 g/mol. The minimum Gasteiger partial charge on any atom is -0.457 e. The molecular formula is C16H25NO5. The van der Waals surface area contributed by atoms with Crippen LogP contribution < -0.4 is 5.73 Å². The van der Waals surface area contributed by atoms with Crippen LogP contribution in [0.1, 0.15) is 45.4 Å². The summed E-state index contributed by atoms with van der Waals surface area (Å²) in [5.74, 6) is 0.824. The second kappa shape index (κ2) is 5.72. The third-order valence-electron chi connectivity index (χ3n) is 5.40. The predicted molar refractivity (Wildman–Crippen MR) is 78.0 cm³/mol. The van der Waals surface area contributed by atoms with Crippen molar-refractivity contribution in [2.24, 2.45) is 23.0 Å². The molecule has 6 nitrogen and oxygen atoms in total. The quantitative estimate of drug-likeness (QED) is 0.758. The molecule has 0 aliphatic heterocycles. The summed E-state index contributed by atoms with van der Waals surface area (Å²) < 4.78 is 16.1. The van der Waals surface area contributed by atoms with Crippen LogP contribution >= 0.6 is 0 Å². The Labute approximate surface area is 130 Å². The maximum Gasteiger partial charge on any atom is 0.404 e. The van der Waals surface area contributed by atoms with E-state index in [0.29, 0.717) is 25.0 Å². The van der Waals surface area contributed by atoms with Crippen molar-refractivity contribution >= 4 is 12.1 Å². The average Bonchev–Trinajstić information content (AvgIpc) is 2.41. The average molecular weight is 311 g/mol. The van der Waals surface area contributed by atoms with Crippen molar-refractivity contribution in [2.75, 3.05) is 19.8 Å². The van der Waals surface area contributed by atoms with Gasteiger partial charge in [0.1, 0.15) is 12.2 Å². The largest absolute Gasteiger partial charge is 0.457 e. The number of primary amides is 1. The van der Waals surface area contributed by atoms with Crippen molar-refractivity contribution < 1.29 is 23.8 Å². The maximum absolute atomic E-state index is 12.0. The standard InChI is InChI=1S/C16H25NO5/c1-2-20-8-13(18)22-16-6-11-3-12(7-16)5-15(4-11,9-16)10-21-14(17)19/h11-12H,2-10H2,1H3,(H2,17,19). The van der Waals surface area contributed by atoms with E-state index >= 15 is 0 Å². The first kappa shape index (κ1) is 15.6. The van der Waals surface area contributed by atoms with Crippen LogP contribution in [-0.4, -0.2) is 37.5 Å². The van der Waals surface area contributed by atoms with E-state index in [9.17, 15) is 9.59 Å². The topological polar surface area (TPSA) is 87.8 Å². The molecule has 4 fully saturated rings. The highest BCUT2D eigenvalue weighted by molar-refractivity contribution is 5.71. The SMILES string of the molecule is CCOCC(=O)OC12CC3CC(CC(COC(N)=O)(C3)C1)C2. The molecule has 4 bridgehead atoms. The molecule has 0 radical (unpaired) electrons. The van der Waals surface area contributed by atoms with E-state index in [2.05, 4.69) is 0 Å². The molecule has 124 valence electrons. The number of carbonyl (C=O) groups excluding carboxylic acids is 2. The van der Waals surface area contributed by atoms with Gasteiger partial charge in [0, 0.05) is 12.0 Å². The third kappa shape index (κ3) is 3.07. The van der Waals surface area contributed by atoms with Gasteiger partial charge in [-0.2, -0.15) is 0 Å². The molecule has 0 saturated heterocycles. The molecular weight excluding hydrogens is 286 g/mol. The first-order chi connectivity index (χ1) is 10.4. The molecule has 2 unspecified atom stereocenters. The van der Waals surface area contributed by atoms with Crippen LogP contribution in [0.5, 0.6) is 0 Å². The van der Waals surface area contributed by atoms with Crippen LogP contribution in [0.3, 0.4) is 0 Å². The lowest BCUT2D eigenvalue weighted by Crippen LogP contribution is -2.59. The number of ether oxygens (including phenoxy) is 3. The summed E-state index contributed by atoms with van der Waals surface area (Å²) in [6.45, 7) is 2.72. The van der Waals surface area contributed by atoms with Gasteiger partial charge < -0.3 is 19.9 Å². The minimum atomic E-state index is -0.724. The Bertz CT molecular complexity index is 449. The molecule has 22 heavy (non-hydrogen) atoms. The summed E-state index contributed by atoms with van der Waals surface area (Å²) in [5.41, 5.74) is 4.67. The smallest absolute Gasteiger partial charge is 0.404 e. The minimum absolute atomic E-state index is 0.0123. The molecule has 0 aromatic carbocycles. The van der Waals surface area contributed by atoms with Gasteiger partial charge in [0.15, 0.2) is 0 Å². The highest BCUT2D eigenvalue weighted by Crippen LogP contribution is 2.62. The second-order valence-electron chi connectivity index (χ2n) is 7.36. The fraction of sp³-hybridized carbons (Fsp3) is 0.875. The Morgan fingerprint density at radius 2 is 1.86 bits per heavy atom. The molecule has 0 heterocycles. The van der Waals surface area contributed by atoms with Crippen molar-refractivity contribution in [1.82, 2.24) is 0 Å². The number of nitrogens with two attached hydrogens (primary N) is 1. The summed E-state index contributed by atoms with van der Waals surface area (Å²) in [5, 5.41) is 0. The molecule has 0 aromatic heterocycles. The van der Waals surface area contributed by atoms with Gasteiger partial charge in [0.05, 0.1) is 6.61 Å². The Kier molecular flexibility index (Phi) is 4.05. The van der Waals surface area contributed by atoms with Crippen molar-refractivity contribution in [1.29, 1.82) is 0 Å². The number of hydrogen-bond acceptors (Lipinski definition) is 5. The van der Waals surface area contributed by atoms with E-state index in [1.807, 2.05) is 6.92 Å². The van der Waals surface area contributed by atoms with Crippen LogP contribution in [0.4, 0.5) is 4.79 Å². The lowest BCUT2D eigenvalue weighted by molar-refractivity contribution is -0.209. The van der Waals surface area contributed by atoms with Crippen LogP contribution in [-0.2, 0) is 19.0 Å². The number of rotatable bonds is 6. The molecule has 2 atom stereocenters. The number of esters is 1. The molecule has 4 rings (SSSR count). The Morgan fingerprint density at radius 1 is 1.18 bits per heavy atom. The van der Waals surface area contributed by atoms with E-state index in [4.69, 9.17) is 19.9 Å². The van der Waals surface area contributed by atoms with Gasteiger partial charge in [0.2, 0.25) is 0 Å². The zero-order chi connectivity index (χ0) is 15.8. The molecule has 0 spiro atoms. The zero-order valence-electron chi connectivity index (χ0n) is 13.1. The molecule has 4 aliphatic carbocycles. The Morgan fingerprint density at radius 3 is 2.45 bits per heavy atom. The highest BCUT2D eigenvalue weighted by atomic mass is 16.6. The molecule has 1 amide bonds. The van der Waals surface area contributed by atoms with Gasteiger partial charge in [0.25, 0.3) is 0 Å². The summed E-state index contributed by atoms with van der Waals surface area (Å²) in [6.07, 6.45) is 5.20. The Balaban J connectivity index is 1.70. The predicted octanol–water partition coefficient (Wildman–Crippen LogP) is 2.00. The van der Waals surface area contributed by atoms with Gasteiger partial charge in [-0.05, 0) is 57.3 Å². The van der Waals surface area contributed by atoms with E-state index in [-0.39, 0.29) is 23.6 Å². The molecule has 6 heteroatoms. The van der Waals surface area contributed by atoms with Crippen molar-refractivity contribution in [2.45, 2.75) is 51.0 Å². The fourth-order valence-corrected chi connectivity index (χ4v) is 5.33. The first-order valence-electron chi connectivity index (χ1n) is 8.16. The summed E-state index contributed by atoms with van der Waals surface area (Å²) in [7, 11) is 0. The fourth-order valence-electron chi connectivity index (χ4n) is 5.33. The molecule has 4 saturated carbocycles. The lowest BCUT2D eigenvalue weighted by atomic mass is 9.48. The van der Waals surface area contributed by atoms with Gasteiger partial charge in [-0.1, -0.05) is 0 Å². The van der Waals surface area contributed by atoms with Crippen molar-refractivity contribution in [3.05, 3.63) is 0 Å². The number of amides is 1. The molecule has 2 N–H and O–H groups in total. The van der Waals surface area contributed by atoms with Gasteiger partial charge >= 0.3 is 12.1 Å². The van der Waals surface area contributed by atoms with E-state index in [1.165, 1.54) is 6.42 Å². The van der Waals surface area contributed by atoms with E-state index in [1.54, 1.807) is 0 Å². The third-order valence-corrected chi connectivity index (χ3v) is 5.40. The molecule has 4 aliphatic rings. The van der Waals surface area contributed by atoms with Crippen LogP contribution in [0, 0.1) is 17.3 Å². The van der Waals surface area contributed by atoms with Gasteiger partial charge in [-0.25, -0.2) is 9.59 Å². The highest BCUT2D eigenvalue weighted by Gasteiger charge is 2.59.